The Morgan fingerprint density at radius 2 is 2.00 bits per heavy atom. The van der Waals surface area contributed by atoms with E-state index in [2.05, 4.69) is 6.08 Å². The number of allylic oxidation sites excluding steroid dienone is 2. The van der Waals surface area contributed by atoms with Crippen LogP contribution in [0, 0.1) is 0 Å². The van der Waals surface area contributed by atoms with Crippen molar-refractivity contribution in [3.8, 4) is 5.75 Å². The minimum atomic E-state index is -0.00657. The molecule has 0 bridgehead atoms. The number of benzene rings is 2. The average molecular weight is 294 g/mol. The van der Waals surface area contributed by atoms with Gasteiger partial charge in [0.15, 0.2) is 0 Å². The molecule has 1 aromatic heterocycles. The quantitative estimate of drug-likeness (QED) is 0.528. The molecule has 22 heavy (non-hydrogen) atoms. The zero-order chi connectivity index (χ0) is 15.7. The molecule has 0 aliphatic rings. The fourth-order valence-corrected chi connectivity index (χ4v) is 2.56. The van der Waals surface area contributed by atoms with E-state index in [1.807, 2.05) is 32.0 Å². The van der Waals surface area contributed by atoms with Crippen LogP contribution in [0.15, 0.2) is 57.3 Å². The van der Waals surface area contributed by atoms with Crippen LogP contribution in [0.2, 0.25) is 0 Å². The molecule has 0 atom stereocenters. The molecule has 0 aliphatic carbocycles. The molecular weight excluding hydrogens is 276 g/mol. The molecule has 3 aromatic rings. The van der Waals surface area contributed by atoms with Crippen LogP contribution >= 0.6 is 0 Å². The first-order valence-corrected chi connectivity index (χ1v) is 7.26. The Labute approximate surface area is 128 Å². The van der Waals surface area contributed by atoms with E-state index >= 15 is 0 Å². The fraction of sp³-hybridized carbons (Fsp3) is 0.211. The predicted molar refractivity (Wildman–Crippen MR) is 89.7 cm³/mol. The molecule has 0 radical (unpaired) electrons. The van der Waals surface area contributed by atoms with Gasteiger partial charge in [-0.1, -0.05) is 23.8 Å². The van der Waals surface area contributed by atoms with Gasteiger partial charge in [0.25, 0.3) is 0 Å². The first-order chi connectivity index (χ1) is 10.6. The van der Waals surface area contributed by atoms with Crippen LogP contribution in [0.5, 0.6) is 5.75 Å². The van der Waals surface area contributed by atoms with Gasteiger partial charge in [-0.25, -0.2) is 0 Å². The van der Waals surface area contributed by atoms with Gasteiger partial charge in [0.05, 0.1) is 17.9 Å². The number of fused-ring (bicyclic) bond motifs is 2. The predicted octanol–water partition coefficient (Wildman–Crippen LogP) is 4.46. The summed E-state index contributed by atoms with van der Waals surface area (Å²) < 4.78 is 11.1. The van der Waals surface area contributed by atoms with Gasteiger partial charge >= 0.3 is 0 Å². The van der Waals surface area contributed by atoms with E-state index in [1.54, 1.807) is 25.3 Å². The van der Waals surface area contributed by atoms with Crippen molar-refractivity contribution in [3.63, 3.8) is 0 Å². The molecule has 3 heteroatoms. The number of rotatable bonds is 3. The molecule has 0 aliphatic heterocycles. The Kier molecular flexibility index (Phi) is 3.72. The highest BCUT2D eigenvalue weighted by Gasteiger charge is 2.11. The lowest BCUT2D eigenvalue weighted by atomic mass is 10.0. The summed E-state index contributed by atoms with van der Waals surface area (Å²) in [5, 5.41) is 1.21. The molecule has 112 valence electrons. The Hall–Kier alpha value is -2.55. The highest BCUT2D eigenvalue weighted by Crippen LogP contribution is 2.24. The van der Waals surface area contributed by atoms with E-state index in [0.29, 0.717) is 27.7 Å². The zero-order valence-electron chi connectivity index (χ0n) is 13.0. The van der Waals surface area contributed by atoms with Gasteiger partial charge < -0.3 is 9.15 Å². The summed E-state index contributed by atoms with van der Waals surface area (Å²) in [4.78, 5) is 12.9. The van der Waals surface area contributed by atoms with Crippen molar-refractivity contribution in [3.05, 3.63) is 63.8 Å². The van der Waals surface area contributed by atoms with Crippen LogP contribution in [-0.2, 0) is 6.42 Å². The molecule has 3 nitrogen and oxygen atoms in total. The van der Waals surface area contributed by atoms with E-state index in [9.17, 15) is 4.79 Å². The third-order valence-corrected chi connectivity index (χ3v) is 3.72. The fourth-order valence-electron chi connectivity index (χ4n) is 2.56. The summed E-state index contributed by atoms with van der Waals surface area (Å²) in [7, 11) is 1.59. The van der Waals surface area contributed by atoms with Crippen LogP contribution < -0.4 is 10.2 Å². The number of ether oxygens (including phenoxy) is 1. The summed E-state index contributed by atoms with van der Waals surface area (Å²) in [5.41, 5.74) is 3.41. The molecule has 0 amide bonds. The van der Waals surface area contributed by atoms with Crippen LogP contribution in [-0.4, -0.2) is 7.11 Å². The molecule has 2 aromatic carbocycles. The monoisotopic (exact) mass is 294 g/mol. The van der Waals surface area contributed by atoms with E-state index in [1.165, 1.54) is 5.57 Å². The highest BCUT2D eigenvalue weighted by atomic mass is 16.5. The van der Waals surface area contributed by atoms with E-state index in [0.717, 1.165) is 12.0 Å². The third-order valence-electron chi connectivity index (χ3n) is 3.72. The van der Waals surface area contributed by atoms with E-state index < -0.39 is 0 Å². The molecule has 0 spiro atoms. The van der Waals surface area contributed by atoms with Gasteiger partial charge in [0.1, 0.15) is 16.9 Å². The van der Waals surface area contributed by atoms with E-state index in [4.69, 9.17) is 9.15 Å². The molecule has 0 unspecified atom stereocenters. The second-order valence-electron chi connectivity index (χ2n) is 5.57. The first kappa shape index (κ1) is 14.4. The van der Waals surface area contributed by atoms with E-state index in [-0.39, 0.29) is 5.43 Å². The van der Waals surface area contributed by atoms with Crippen LogP contribution in [0.4, 0.5) is 0 Å². The molecule has 0 N–H and O–H groups in total. The summed E-state index contributed by atoms with van der Waals surface area (Å²) in [5.74, 6) is 0.654. The second kappa shape index (κ2) is 5.68. The maximum absolute atomic E-state index is 12.9. The van der Waals surface area contributed by atoms with Crippen molar-refractivity contribution >= 4 is 21.9 Å². The van der Waals surface area contributed by atoms with Crippen LogP contribution in [0.3, 0.4) is 0 Å². The van der Waals surface area contributed by atoms with Crippen molar-refractivity contribution in [2.75, 3.05) is 7.11 Å². The summed E-state index contributed by atoms with van der Waals surface area (Å²) in [6.45, 7) is 4.10. The zero-order valence-corrected chi connectivity index (χ0v) is 13.0. The molecule has 0 fully saturated rings. The lowest BCUT2D eigenvalue weighted by molar-refractivity contribution is 0.415. The Morgan fingerprint density at radius 1 is 1.18 bits per heavy atom. The van der Waals surface area contributed by atoms with Crippen molar-refractivity contribution < 1.29 is 9.15 Å². The summed E-state index contributed by atoms with van der Waals surface area (Å²) >= 11 is 0. The Balaban J connectivity index is 2.33. The van der Waals surface area contributed by atoms with Gasteiger partial charge in [0.2, 0.25) is 5.43 Å². The number of methoxy groups -OCH3 is 1. The van der Waals surface area contributed by atoms with Gasteiger partial charge in [-0.3, -0.25) is 4.79 Å². The summed E-state index contributed by atoms with van der Waals surface area (Å²) in [6, 6.07) is 11.0. The smallest absolute Gasteiger partial charge is 0.200 e. The van der Waals surface area contributed by atoms with Gasteiger partial charge in [-0.15, -0.1) is 0 Å². The lowest BCUT2D eigenvalue weighted by Gasteiger charge is -2.07. The summed E-state index contributed by atoms with van der Waals surface area (Å²) in [6.07, 6.45) is 2.84. The first-order valence-electron chi connectivity index (χ1n) is 7.26. The Morgan fingerprint density at radius 3 is 2.73 bits per heavy atom. The van der Waals surface area contributed by atoms with Crippen LogP contribution in [0.1, 0.15) is 19.4 Å². The molecule has 3 rings (SSSR count). The van der Waals surface area contributed by atoms with Gasteiger partial charge in [-0.2, -0.15) is 0 Å². The molecule has 0 saturated heterocycles. The molecule has 0 saturated carbocycles. The average Bonchev–Trinajstić information content (AvgIpc) is 2.52. The van der Waals surface area contributed by atoms with Crippen molar-refractivity contribution in [2.24, 2.45) is 0 Å². The van der Waals surface area contributed by atoms with Gasteiger partial charge in [0, 0.05) is 0 Å². The Bertz CT molecular complexity index is 928. The highest BCUT2D eigenvalue weighted by molar-refractivity contribution is 5.92. The maximum atomic E-state index is 12.9. The SMILES string of the molecule is COc1ccc2oc3cccc(CC=C(C)C)c3c(=O)c2c1. The van der Waals surface area contributed by atoms with Crippen molar-refractivity contribution in [2.45, 2.75) is 20.3 Å². The minimum absolute atomic E-state index is 0.00657. The second-order valence-corrected chi connectivity index (χ2v) is 5.57. The lowest BCUT2D eigenvalue weighted by Crippen LogP contribution is -2.05. The standard InChI is InChI=1S/C19H18O3/c1-12(2)7-8-13-5-4-6-17-18(13)19(20)15-11-14(21-3)9-10-16(15)22-17/h4-7,9-11H,8H2,1-3H3. The minimum Gasteiger partial charge on any atom is -0.497 e. The molecular formula is C19H18O3. The maximum Gasteiger partial charge on any atom is 0.200 e. The van der Waals surface area contributed by atoms with Crippen molar-refractivity contribution in [1.82, 2.24) is 0 Å². The van der Waals surface area contributed by atoms with Crippen molar-refractivity contribution in [1.29, 1.82) is 0 Å². The topological polar surface area (TPSA) is 39.4 Å². The van der Waals surface area contributed by atoms with Gasteiger partial charge in [-0.05, 0) is 50.1 Å². The van der Waals surface area contributed by atoms with Crippen LogP contribution in [0.25, 0.3) is 21.9 Å². The number of hydrogen-bond acceptors (Lipinski definition) is 3. The molecule has 1 heterocycles. The normalized spacial score (nSPS) is 10.9. The largest absolute Gasteiger partial charge is 0.497 e. The number of hydrogen-bond donors (Lipinski definition) is 0. The third kappa shape index (κ3) is 2.50.